The summed E-state index contributed by atoms with van der Waals surface area (Å²) >= 11 is 0. The van der Waals surface area contributed by atoms with E-state index in [9.17, 15) is 4.79 Å². The number of carbonyl (C=O) groups excluding carboxylic acids is 1. The van der Waals surface area contributed by atoms with E-state index < -0.39 is 6.04 Å². The molecule has 1 aromatic carbocycles. The second-order valence-corrected chi connectivity index (χ2v) is 4.49. The molecule has 0 saturated heterocycles. The molecule has 98 valence electrons. The molecule has 1 amide bonds. The molecule has 4 nitrogen and oxygen atoms in total. The van der Waals surface area contributed by atoms with Gasteiger partial charge < -0.3 is 11.1 Å². The molecule has 0 aliphatic heterocycles. The maximum absolute atomic E-state index is 11.9. The highest BCUT2D eigenvalue weighted by atomic mass is 16.2. The zero-order valence-electron chi connectivity index (χ0n) is 10.8. The average molecular weight is 255 g/mol. The monoisotopic (exact) mass is 255 g/mol. The predicted molar refractivity (Wildman–Crippen MR) is 75.7 cm³/mol. The van der Waals surface area contributed by atoms with Crippen LogP contribution in [0.2, 0.25) is 0 Å². The van der Waals surface area contributed by atoms with Crippen LogP contribution in [0.25, 0.3) is 0 Å². The molecule has 0 bridgehead atoms. The fraction of sp³-hybridized carbons (Fsp3) is 0.200. The summed E-state index contributed by atoms with van der Waals surface area (Å²) in [6.07, 6.45) is 2.12. The number of hydrogen-bond donors (Lipinski definition) is 2. The summed E-state index contributed by atoms with van der Waals surface area (Å²) in [5.41, 5.74) is 8.59. The molecule has 1 heterocycles. The number of nitrogens with zero attached hydrogens (tertiary/aromatic N) is 1. The lowest BCUT2D eigenvalue weighted by Gasteiger charge is -2.12. The lowest BCUT2D eigenvalue weighted by molar-refractivity contribution is -0.117. The second-order valence-electron chi connectivity index (χ2n) is 4.49. The number of nitrogens with two attached hydrogens (primary N) is 1. The minimum atomic E-state index is -0.601. The van der Waals surface area contributed by atoms with E-state index in [2.05, 4.69) is 10.3 Å². The van der Waals surface area contributed by atoms with Crippen LogP contribution in [-0.4, -0.2) is 16.9 Å². The Morgan fingerprint density at radius 1 is 1.26 bits per heavy atom. The maximum Gasteiger partial charge on any atom is 0.241 e. The van der Waals surface area contributed by atoms with Gasteiger partial charge in [-0.25, -0.2) is 0 Å². The Hall–Kier alpha value is -2.20. The van der Waals surface area contributed by atoms with Gasteiger partial charge in [-0.15, -0.1) is 0 Å². The Morgan fingerprint density at radius 3 is 2.63 bits per heavy atom. The van der Waals surface area contributed by atoms with Gasteiger partial charge in [-0.05, 0) is 31.2 Å². The summed E-state index contributed by atoms with van der Waals surface area (Å²) in [6, 6.07) is 12.6. The number of hydrogen-bond acceptors (Lipinski definition) is 3. The van der Waals surface area contributed by atoms with Crippen molar-refractivity contribution in [1.29, 1.82) is 0 Å². The second kappa shape index (κ2) is 6.11. The highest BCUT2D eigenvalue weighted by Crippen LogP contribution is 2.09. The highest BCUT2D eigenvalue weighted by Gasteiger charge is 2.14. The lowest BCUT2D eigenvalue weighted by Crippen LogP contribution is -2.37. The Morgan fingerprint density at radius 2 is 2.00 bits per heavy atom. The van der Waals surface area contributed by atoms with E-state index in [1.54, 1.807) is 6.20 Å². The summed E-state index contributed by atoms with van der Waals surface area (Å²) in [6.45, 7) is 2.00. The van der Waals surface area contributed by atoms with Crippen molar-refractivity contribution in [3.63, 3.8) is 0 Å². The first-order valence-electron chi connectivity index (χ1n) is 6.18. The Bertz CT molecular complexity index is 537. The first-order chi connectivity index (χ1) is 9.15. The van der Waals surface area contributed by atoms with Crippen molar-refractivity contribution in [3.05, 3.63) is 59.9 Å². The number of amides is 1. The molecule has 3 N–H and O–H groups in total. The first kappa shape index (κ1) is 13.2. The fourth-order valence-electron chi connectivity index (χ4n) is 1.71. The van der Waals surface area contributed by atoms with E-state index >= 15 is 0 Å². The van der Waals surface area contributed by atoms with Gasteiger partial charge in [0.1, 0.15) is 0 Å². The summed E-state index contributed by atoms with van der Waals surface area (Å²) in [4.78, 5) is 16.1. The van der Waals surface area contributed by atoms with Gasteiger partial charge in [0, 0.05) is 24.0 Å². The van der Waals surface area contributed by atoms with E-state index in [0.29, 0.717) is 6.42 Å². The van der Waals surface area contributed by atoms with Crippen LogP contribution in [0.4, 0.5) is 5.69 Å². The smallest absolute Gasteiger partial charge is 0.241 e. The van der Waals surface area contributed by atoms with Gasteiger partial charge in [-0.1, -0.05) is 23.8 Å². The summed E-state index contributed by atoms with van der Waals surface area (Å²) < 4.78 is 0. The third kappa shape index (κ3) is 3.89. The van der Waals surface area contributed by atoms with E-state index in [1.807, 2.05) is 49.4 Å². The zero-order chi connectivity index (χ0) is 13.7. The van der Waals surface area contributed by atoms with Crippen LogP contribution >= 0.6 is 0 Å². The van der Waals surface area contributed by atoms with Crippen LogP contribution in [0.3, 0.4) is 0 Å². The van der Waals surface area contributed by atoms with Crippen LogP contribution in [0.1, 0.15) is 11.3 Å². The van der Waals surface area contributed by atoms with Gasteiger partial charge in [0.15, 0.2) is 0 Å². The van der Waals surface area contributed by atoms with Crippen LogP contribution in [-0.2, 0) is 11.2 Å². The first-order valence-corrected chi connectivity index (χ1v) is 6.18. The van der Waals surface area contributed by atoms with E-state index in [4.69, 9.17) is 5.73 Å². The molecule has 1 aromatic heterocycles. The van der Waals surface area contributed by atoms with E-state index in [-0.39, 0.29) is 5.91 Å². The largest absolute Gasteiger partial charge is 0.325 e. The zero-order valence-corrected chi connectivity index (χ0v) is 10.8. The van der Waals surface area contributed by atoms with Crippen molar-refractivity contribution in [3.8, 4) is 0 Å². The summed E-state index contributed by atoms with van der Waals surface area (Å²) in [5.74, 6) is -0.200. The number of nitrogens with one attached hydrogen (secondary N) is 1. The molecule has 0 spiro atoms. The summed E-state index contributed by atoms with van der Waals surface area (Å²) in [7, 11) is 0. The molecule has 0 unspecified atom stereocenters. The maximum atomic E-state index is 11.9. The van der Waals surface area contributed by atoms with Gasteiger partial charge in [-0.2, -0.15) is 0 Å². The number of anilines is 1. The van der Waals surface area contributed by atoms with Crippen LogP contribution in [0.15, 0.2) is 48.7 Å². The fourth-order valence-corrected chi connectivity index (χ4v) is 1.71. The Labute approximate surface area is 112 Å². The molecule has 4 heteroatoms. The van der Waals surface area contributed by atoms with E-state index in [1.165, 1.54) is 0 Å². The third-order valence-corrected chi connectivity index (χ3v) is 2.81. The molecular formula is C15H17N3O. The van der Waals surface area contributed by atoms with Crippen molar-refractivity contribution in [2.75, 3.05) is 5.32 Å². The van der Waals surface area contributed by atoms with Crippen molar-refractivity contribution < 1.29 is 4.79 Å². The van der Waals surface area contributed by atoms with Gasteiger partial charge in [-0.3, -0.25) is 9.78 Å². The van der Waals surface area contributed by atoms with Crippen molar-refractivity contribution in [2.45, 2.75) is 19.4 Å². The quantitative estimate of drug-likeness (QED) is 0.876. The number of aryl methyl sites for hydroxylation is 1. The number of rotatable bonds is 4. The standard InChI is InChI=1S/C15H17N3O/c1-11-5-7-12(8-6-11)18-15(19)14(16)10-13-4-2-3-9-17-13/h2-9,14H,10,16H2,1H3,(H,18,19)/t14-/m0/s1. The minimum Gasteiger partial charge on any atom is -0.325 e. The normalized spacial score (nSPS) is 11.9. The average Bonchev–Trinajstić information content (AvgIpc) is 2.42. The van der Waals surface area contributed by atoms with Gasteiger partial charge in [0.05, 0.1) is 6.04 Å². The number of carbonyl (C=O) groups is 1. The molecule has 0 aliphatic rings. The summed E-state index contributed by atoms with van der Waals surface area (Å²) in [5, 5.41) is 2.80. The number of aromatic nitrogens is 1. The number of pyridine rings is 1. The lowest BCUT2D eigenvalue weighted by atomic mass is 10.1. The molecule has 2 rings (SSSR count). The SMILES string of the molecule is Cc1ccc(NC(=O)[C@@H](N)Cc2ccccn2)cc1. The minimum absolute atomic E-state index is 0.200. The van der Waals surface area contributed by atoms with Crippen molar-refractivity contribution in [2.24, 2.45) is 5.73 Å². The molecule has 2 aromatic rings. The van der Waals surface area contributed by atoms with Gasteiger partial charge in [0.2, 0.25) is 5.91 Å². The third-order valence-electron chi connectivity index (χ3n) is 2.81. The van der Waals surface area contributed by atoms with Gasteiger partial charge in [0.25, 0.3) is 0 Å². The van der Waals surface area contributed by atoms with Crippen LogP contribution in [0, 0.1) is 6.92 Å². The van der Waals surface area contributed by atoms with Crippen molar-refractivity contribution in [1.82, 2.24) is 4.98 Å². The predicted octanol–water partition coefficient (Wildman–Crippen LogP) is 1.90. The molecule has 1 atom stereocenters. The molecule has 0 radical (unpaired) electrons. The topological polar surface area (TPSA) is 68.0 Å². The van der Waals surface area contributed by atoms with E-state index in [0.717, 1.165) is 16.9 Å². The highest BCUT2D eigenvalue weighted by molar-refractivity contribution is 5.94. The van der Waals surface area contributed by atoms with Gasteiger partial charge >= 0.3 is 0 Å². The van der Waals surface area contributed by atoms with Crippen molar-refractivity contribution >= 4 is 11.6 Å². The number of benzene rings is 1. The molecule has 19 heavy (non-hydrogen) atoms. The molecule has 0 aliphatic carbocycles. The molecular weight excluding hydrogens is 238 g/mol. The van der Waals surface area contributed by atoms with Crippen LogP contribution < -0.4 is 11.1 Å². The molecule has 0 saturated carbocycles. The Balaban J connectivity index is 1.94. The Kier molecular flexibility index (Phi) is 4.26. The van der Waals surface area contributed by atoms with Crippen LogP contribution in [0.5, 0.6) is 0 Å². The molecule has 0 fully saturated rings.